The molecule has 9 heteroatoms. The van der Waals surface area contributed by atoms with Crippen LogP contribution in [-0.4, -0.2) is 17.4 Å². The summed E-state index contributed by atoms with van der Waals surface area (Å²) in [6, 6.07) is 18.6. The summed E-state index contributed by atoms with van der Waals surface area (Å²) in [6.45, 7) is 6.17. The van der Waals surface area contributed by atoms with Crippen molar-refractivity contribution in [1.82, 2.24) is 0 Å². The maximum absolute atomic E-state index is 12.7. The van der Waals surface area contributed by atoms with Crippen molar-refractivity contribution in [2.75, 3.05) is 11.9 Å². The van der Waals surface area contributed by atoms with Gasteiger partial charge in [0, 0.05) is 27.9 Å². The minimum atomic E-state index is -0.540. The lowest BCUT2D eigenvalue weighted by molar-refractivity contribution is -0.384. The van der Waals surface area contributed by atoms with Gasteiger partial charge in [-0.1, -0.05) is 28.1 Å². The van der Waals surface area contributed by atoms with Gasteiger partial charge in [-0.05, 0) is 73.0 Å². The van der Waals surface area contributed by atoms with Crippen molar-refractivity contribution in [2.45, 2.75) is 20.0 Å². The number of ether oxygens (including phenoxy) is 2. The van der Waals surface area contributed by atoms with Crippen LogP contribution in [0.1, 0.15) is 23.6 Å². The van der Waals surface area contributed by atoms with Gasteiger partial charge in [-0.2, -0.15) is 5.26 Å². The van der Waals surface area contributed by atoms with Crippen LogP contribution in [0.15, 0.2) is 83.4 Å². The minimum absolute atomic E-state index is 0.000486. The van der Waals surface area contributed by atoms with E-state index in [1.54, 1.807) is 48.5 Å². The Hall–Kier alpha value is -4.42. The van der Waals surface area contributed by atoms with E-state index in [1.807, 2.05) is 19.1 Å². The molecule has 0 aliphatic heterocycles. The zero-order valence-electron chi connectivity index (χ0n) is 20.1. The summed E-state index contributed by atoms with van der Waals surface area (Å²) in [5.74, 6) is 0.399. The molecule has 0 atom stereocenters. The molecule has 0 heterocycles. The Labute approximate surface area is 223 Å². The summed E-state index contributed by atoms with van der Waals surface area (Å²) in [6.07, 6.45) is 3.65. The van der Waals surface area contributed by atoms with Crippen LogP contribution in [-0.2, 0) is 17.8 Å². The molecule has 1 amide bonds. The Kier molecular flexibility index (Phi) is 9.58. The second-order valence-corrected chi connectivity index (χ2v) is 8.70. The second-order valence-electron chi connectivity index (χ2n) is 7.78. The van der Waals surface area contributed by atoms with Crippen molar-refractivity contribution in [2.24, 2.45) is 0 Å². The van der Waals surface area contributed by atoms with Crippen molar-refractivity contribution in [1.29, 1.82) is 5.26 Å². The van der Waals surface area contributed by atoms with Gasteiger partial charge in [-0.25, -0.2) is 0 Å². The predicted octanol–water partition coefficient (Wildman–Crippen LogP) is 6.61. The number of rotatable bonds is 11. The van der Waals surface area contributed by atoms with Gasteiger partial charge in [0.05, 0.1) is 11.5 Å². The monoisotopic (exact) mass is 561 g/mol. The van der Waals surface area contributed by atoms with Gasteiger partial charge in [0.2, 0.25) is 0 Å². The number of nitrogens with zero attached hydrogens (tertiary/aromatic N) is 2. The van der Waals surface area contributed by atoms with Gasteiger partial charge in [-0.15, -0.1) is 6.58 Å². The first-order valence-electron chi connectivity index (χ1n) is 11.3. The molecule has 3 aromatic rings. The number of non-ortho nitro benzene ring substituents is 1. The molecule has 0 spiro atoms. The molecule has 0 saturated carbocycles. The first-order chi connectivity index (χ1) is 17.8. The third-order valence-corrected chi connectivity index (χ3v) is 5.60. The van der Waals surface area contributed by atoms with Crippen LogP contribution < -0.4 is 14.8 Å². The van der Waals surface area contributed by atoms with E-state index in [4.69, 9.17) is 9.47 Å². The van der Waals surface area contributed by atoms with Gasteiger partial charge in [0.1, 0.15) is 18.2 Å². The van der Waals surface area contributed by atoms with Gasteiger partial charge in [-0.3, -0.25) is 14.9 Å². The molecule has 8 nitrogen and oxygen atoms in total. The number of nitro groups is 1. The zero-order valence-corrected chi connectivity index (χ0v) is 21.7. The first-order valence-corrected chi connectivity index (χ1v) is 12.1. The number of hydrogen-bond donors (Lipinski definition) is 1. The summed E-state index contributed by atoms with van der Waals surface area (Å²) >= 11 is 3.36. The van der Waals surface area contributed by atoms with Gasteiger partial charge in [0.15, 0.2) is 11.5 Å². The van der Waals surface area contributed by atoms with Gasteiger partial charge >= 0.3 is 0 Å². The molecule has 0 bridgehead atoms. The average molecular weight is 562 g/mol. The van der Waals surface area contributed by atoms with E-state index in [2.05, 4.69) is 27.8 Å². The third-order valence-electron chi connectivity index (χ3n) is 5.11. The third kappa shape index (κ3) is 7.53. The van der Waals surface area contributed by atoms with Crippen molar-refractivity contribution >= 4 is 39.3 Å². The number of allylic oxidation sites excluding steroid dienone is 1. The predicted molar refractivity (Wildman–Crippen MR) is 145 cm³/mol. The van der Waals surface area contributed by atoms with Crippen LogP contribution in [0.5, 0.6) is 11.5 Å². The Morgan fingerprint density at radius 1 is 1.19 bits per heavy atom. The highest BCUT2D eigenvalue weighted by atomic mass is 79.9. The van der Waals surface area contributed by atoms with Crippen LogP contribution in [0.3, 0.4) is 0 Å². The standard InChI is InChI=1S/C28H24BrN3O5/c1-3-6-21-13-20(14-22(17-30)28(33)31-24-8-5-7-23(29)16-24)15-26(36-4-2)27(21)37-18-19-9-11-25(12-10-19)32(34)35/h3,5,7-16H,1,4,6,18H2,2H3,(H,31,33)/b22-14-. The molecule has 0 unspecified atom stereocenters. The summed E-state index contributed by atoms with van der Waals surface area (Å²) in [4.78, 5) is 23.2. The Morgan fingerprint density at radius 2 is 1.95 bits per heavy atom. The summed E-state index contributed by atoms with van der Waals surface area (Å²) < 4.78 is 12.7. The normalized spacial score (nSPS) is 10.8. The molecule has 1 N–H and O–H groups in total. The largest absolute Gasteiger partial charge is 0.490 e. The lowest BCUT2D eigenvalue weighted by Gasteiger charge is -2.17. The van der Waals surface area contributed by atoms with Crippen LogP contribution in [0.25, 0.3) is 6.08 Å². The smallest absolute Gasteiger partial charge is 0.269 e. The summed E-state index contributed by atoms with van der Waals surface area (Å²) in [5.41, 5.74) is 2.56. The van der Waals surface area contributed by atoms with E-state index in [0.29, 0.717) is 35.8 Å². The molecule has 0 aliphatic rings. The van der Waals surface area contributed by atoms with E-state index in [-0.39, 0.29) is 17.9 Å². The Balaban J connectivity index is 1.91. The number of carbonyl (C=O) groups is 1. The number of anilines is 1. The Morgan fingerprint density at radius 3 is 2.57 bits per heavy atom. The fourth-order valence-corrected chi connectivity index (χ4v) is 3.85. The number of nitrogens with one attached hydrogen (secondary N) is 1. The lowest BCUT2D eigenvalue weighted by Crippen LogP contribution is -2.13. The van der Waals surface area contributed by atoms with E-state index in [1.165, 1.54) is 18.2 Å². The van der Waals surface area contributed by atoms with Crippen molar-refractivity contribution in [3.63, 3.8) is 0 Å². The quantitative estimate of drug-likeness (QED) is 0.0925. The van der Waals surface area contributed by atoms with Crippen molar-refractivity contribution in [3.8, 4) is 17.6 Å². The second kappa shape index (κ2) is 13.0. The molecule has 0 fully saturated rings. The molecule has 0 aliphatic carbocycles. The van der Waals surface area contributed by atoms with Crippen LogP contribution in [0.4, 0.5) is 11.4 Å². The highest BCUT2D eigenvalue weighted by Crippen LogP contribution is 2.35. The van der Waals surface area contributed by atoms with Crippen LogP contribution >= 0.6 is 15.9 Å². The Bertz CT molecular complexity index is 1380. The summed E-state index contributed by atoms with van der Waals surface area (Å²) in [7, 11) is 0. The SMILES string of the molecule is C=CCc1cc(/C=C(/C#N)C(=O)Nc2cccc(Br)c2)cc(OCC)c1OCc1ccc([N+](=O)[O-])cc1. The number of hydrogen-bond acceptors (Lipinski definition) is 6. The van der Waals surface area contributed by atoms with Gasteiger partial charge < -0.3 is 14.8 Å². The molecular weight excluding hydrogens is 538 g/mol. The number of benzene rings is 3. The highest BCUT2D eigenvalue weighted by Gasteiger charge is 2.16. The van der Waals surface area contributed by atoms with E-state index >= 15 is 0 Å². The van der Waals surface area contributed by atoms with Gasteiger partial charge in [0.25, 0.3) is 11.6 Å². The number of amides is 1. The fraction of sp³-hybridized carbons (Fsp3) is 0.143. The lowest BCUT2D eigenvalue weighted by atomic mass is 10.0. The molecule has 0 saturated heterocycles. The highest BCUT2D eigenvalue weighted by molar-refractivity contribution is 9.10. The molecule has 188 valence electrons. The molecule has 0 radical (unpaired) electrons. The van der Waals surface area contributed by atoms with E-state index in [9.17, 15) is 20.2 Å². The molecule has 0 aromatic heterocycles. The van der Waals surface area contributed by atoms with Crippen LogP contribution in [0.2, 0.25) is 0 Å². The maximum Gasteiger partial charge on any atom is 0.269 e. The molecule has 3 rings (SSSR count). The zero-order chi connectivity index (χ0) is 26.8. The minimum Gasteiger partial charge on any atom is -0.490 e. The first kappa shape index (κ1) is 27.2. The number of nitriles is 1. The average Bonchev–Trinajstić information content (AvgIpc) is 2.87. The summed E-state index contributed by atoms with van der Waals surface area (Å²) in [5, 5.41) is 23.3. The van der Waals surface area contributed by atoms with Crippen molar-refractivity contribution in [3.05, 3.63) is 110 Å². The van der Waals surface area contributed by atoms with Crippen LogP contribution in [0, 0.1) is 21.4 Å². The number of halogens is 1. The number of nitro benzene ring substituents is 1. The number of carbonyl (C=O) groups excluding carboxylic acids is 1. The molecule has 3 aromatic carbocycles. The fourth-order valence-electron chi connectivity index (χ4n) is 3.45. The topological polar surface area (TPSA) is 114 Å². The molecular formula is C28H24BrN3O5. The van der Waals surface area contributed by atoms with Crippen molar-refractivity contribution < 1.29 is 19.2 Å². The van der Waals surface area contributed by atoms with E-state index in [0.717, 1.165) is 15.6 Å². The molecule has 37 heavy (non-hydrogen) atoms. The maximum atomic E-state index is 12.7. The van der Waals surface area contributed by atoms with E-state index < -0.39 is 10.8 Å².